The van der Waals surface area contributed by atoms with E-state index in [1.165, 1.54) is 11.1 Å². The number of benzene rings is 2. The van der Waals surface area contributed by atoms with Crippen molar-refractivity contribution in [1.29, 1.82) is 0 Å². The van der Waals surface area contributed by atoms with Gasteiger partial charge in [0, 0.05) is 22.9 Å². The lowest BCUT2D eigenvalue weighted by molar-refractivity contribution is -0.139. The highest BCUT2D eigenvalue weighted by Crippen LogP contribution is 2.19. The first kappa shape index (κ1) is 24.3. The molecule has 2 aromatic carbocycles. The summed E-state index contributed by atoms with van der Waals surface area (Å²) in [5.74, 6) is 0.834. The molecular weight excluding hydrogens is 416 g/mol. The molecule has 0 radical (unpaired) electrons. The number of nitrogens with zero attached hydrogens (tertiary/aromatic N) is 1. The zero-order chi connectivity index (χ0) is 22.3. The van der Waals surface area contributed by atoms with Crippen LogP contribution in [-0.2, 0) is 21.9 Å². The molecule has 162 valence electrons. The van der Waals surface area contributed by atoms with Gasteiger partial charge >= 0.3 is 0 Å². The van der Waals surface area contributed by atoms with Crippen LogP contribution in [0.1, 0.15) is 44.4 Å². The van der Waals surface area contributed by atoms with Gasteiger partial charge in [-0.15, -0.1) is 11.8 Å². The second-order valence-electron chi connectivity index (χ2n) is 8.49. The summed E-state index contributed by atoms with van der Waals surface area (Å²) in [6.45, 7) is 9.97. The number of halogens is 1. The van der Waals surface area contributed by atoms with Crippen molar-refractivity contribution in [3.8, 4) is 0 Å². The average molecular weight is 447 g/mol. The molecule has 0 aliphatic rings. The largest absolute Gasteiger partial charge is 0.350 e. The lowest BCUT2D eigenvalue weighted by Gasteiger charge is -2.31. The van der Waals surface area contributed by atoms with Crippen LogP contribution in [0.25, 0.3) is 0 Å². The van der Waals surface area contributed by atoms with E-state index in [0.29, 0.717) is 17.3 Å². The lowest BCUT2D eigenvalue weighted by atomic mass is 10.1. The van der Waals surface area contributed by atoms with Crippen LogP contribution in [0.3, 0.4) is 0 Å². The molecule has 2 rings (SSSR count). The van der Waals surface area contributed by atoms with Gasteiger partial charge in [-0.05, 0) is 63.4 Å². The Kier molecular flexibility index (Phi) is 8.80. The summed E-state index contributed by atoms with van der Waals surface area (Å²) >= 11 is 7.68. The zero-order valence-corrected chi connectivity index (χ0v) is 19.9. The molecule has 0 unspecified atom stereocenters. The molecule has 0 saturated heterocycles. The van der Waals surface area contributed by atoms with E-state index in [0.717, 1.165) is 11.3 Å². The first-order valence-corrected chi connectivity index (χ1v) is 11.6. The number of rotatable bonds is 8. The van der Waals surface area contributed by atoms with Crippen LogP contribution in [-0.4, -0.2) is 34.0 Å². The van der Waals surface area contributed by atoms with E-state index in [9.17, 15) is 9.59 Å². The summed E-state index contributed by atoms with van der Waals surface area (Å²) in [5, 5.41) is 3.59. The predicted octanol–water partition coefficient (Wildman–Crippen LogP) is 5.21. The molecule has 0 fully saturated rings. The van der Waals surface area contributed by atoms with Crippen molar-refractivity contribution in [1.82, 2.24) is 10.2 Å². The third kappa shape index (κ3) is 7.69. The van der Waals surface area contributed by atoms with Crippen LogP contribution in [0.15, 0.2) is 48.5 Å². The van der Waals surface area contributed by atoms with Gasteiger partial charge in [0.15, 0.2) is 0 Å². The number of aryl methyl sites for hydroxylation is 1. The standard InChI is InChI=1S/C24H31ClN2O2S/c1-17-9-6-7-11-20(17)15-30-16-22(28)27(14-19-10-8-12-21(25)13-19)18(2)23(29)26-24(3,4)5/h6-13,18H,14-16H2,1-5H3,(H,26,29)/t18-/m0/s1. The Morgan fingerprint density at radius 3 is 2.47 bits per heavy atom. The fourth-order valence-corrected chi connectivity index (χ4v) is 4.19. The Labute approximate surface area is 189 Å². The highest BCUT2D eigenvalue weighted by Gasteiger charge is 2.28. The van der Waals surface area contributed by atoms with Gasteiger partial charge in [-0.3, -0.25) is 9.59 Å². The Hall–Kier alpha value is -1.98. The van der Waals surface area contributed by atoms with E-state index in [1.54, 1.807) is 29.7 Å². The fraction of sp³-hybridized carbons (Fsp3) is 0.417. The van der Waals surface area contributed by atoms with Crippen LogP contribution in [0.4, 0.5) is 0 Å². The Bertz CT molecular complexity index is 880. The van der Waals surface area contributed by atoms with Crippen molar-refractivity contribution < 1.29 is 9.59 Å². The number of nitrogens with one attached hydrogen (secondary N) is 1. The first-order chi connectivity index (χ1) is 14.1. The van der Waals surface area contributed by atoms with E-state index in [2.05, 4.69) is 24.4 Å². The summed E-state index contributed by atoms with van der Waals surface area (Å²) < 4.78 is 0. The number of thioether (sulfide) groups is 1. The summed E-state index contributed by atoms with van der Waals surface area (Å²) in [7, 11) is 0. The second-order valence-corrected chi connectivity index (χ2v) is 9.91. The van der Waals surface area contributed by atoms with Gasteiger partial charge in [0.05, 0.1) is 5.75 Å². The van der Waals surface area contributed by atoms with Crippen molar-refractivity contribution in [3.05, 3.63) is 70.2 Å². The van der Waals surface area contributed by atoms with Gasteiger partial charge in [-0.25, -0.2) is 0 Å². The molecule has 0 aliphatic heterocycles. The van der Waals surface area contributed by atoms with Crippen molar-refractivity contribution in [3.63, 3.8) is 0 Å². The minimum atomic E-state index is -0.588. The maximum atomic E-state index is 13.1. The number of hydrogen-bond donors (Lipinski definition) is 1. The van der Waals surface area contributed by atoms with E-state index >= 15 is 0 Å². The fourth-order valence-electron chi connectivity index (χ4n) is 2.99. The van der Waals surface area contributed by atoms with Gasteiger partial charge in [0.1, 0.15) is 6.04 Å². The predicted molar refractivity (Wildman–Crippen MR) is 127 cm³/mol. The molecular formula is C24H31ClN2O2S. The van der Waals surface area contributed by atoms with E-state index in [1.807, 2.05) is 51.1 Å². The summed E-state index contributed by atoms with van der Waals surface area (Å²) in [6, 6.07) is 15.0. The number of carbonyl (C=O) groups excluding carboxylic acids is 2. The van der Waals surface area contributed by atoms with Crippen LogP contribution >= 0.6 is 23.4 Å². The summed E-state index contributed by atoms with van der Waals surface area (Å²) in [4.78, 5) is 27.5. The minimum Gasteiger partial charge on any atom is -0.350 e. The highest BCUT2D eigenvalue weighted by atomic mass is 35.5. The monoisotopic (exact) mass is 446 g/mol. The summed E-state index contributed by atoms with van der Waals surface area (Å²) in [6.07, 6.45) is 0. The molecule has 0 saturated carbocycles. The maximum Gasteiger partial charge on any atom is 0.242 e. The van der Waals surface area contributed by atoms with Crippen LogP contribution in [0.5, 0.6) is 0 Å². The molecule has 0 aliphatic carbocycles. The molecule has 0 bridgehead atoms. The van der Waals surface area contributed by atoms with E-state index < -0.39 is 6.04 Å². The van der Waals surface area contributed by atoms with Crippen molar-refractivity contribution in [2.45, 2.75) is 58.5 Å². The van der Waals surface area contributed by atoms with Crippen LogP contribution in [0, 0.1) is 6.92 Å². The van der Waals surface area contributed by atoms with Crippen molar-refractivity contribution in [2.75, 3.05) is 5.75 Å². The molecule has 2 aromatic rings. The van der Waals surface area contributed by atoms with Gasteiger partial charge < -0.3 is 10.2 Å². The average Bonchev–Trinajstić information content (AvgIpc) is 2.65. The van der Waals surface area contributed by atoms with Gasteiger partial charge in [-0.1, -0.05) is 48.0 Å². The Morgan fingerprint density at radius 2 is 1.83 bits per heavy atom. The topological polar surface area (TPSA) is 49.4 Å². The van der Waals surface area contributed by atoms with Gasteiger partial charge in [-0.2, -0.15) is 0 Å². The van der Waals surface area contributed by atoms with E-state index in [4.69, 9.17) is 11.6 Å². The minimum absolute atomic E-state index is 0.0647. The Morgan fingerprint density at radius 1 is 1.13 bits per heavy atom. The number of amides is 2. The van der Waals surface area contributed by atoms with Crippen molar-refractivity contribution >= 4 is 35.2 Å². The molecule has 0 aromatic heterocycles. The first-order valence-electron chi connectivity index (χ1n) is 10.0. The number of carbonyl (C=O) groups is 2. The smallest absolute Gasteiger partial charge is 0.242 e. The quantitative estimate of drug-likeness (QED) is 0.605. The molecule has 0 spiro atoms. The molecule has 1 N–H and O–H groups in total. The van der Waals surface area contributed by atoms with Crippen molar-refractivity contribution in [2.24, 2.45) is 0 Å². The number of hydrogen-bond acceptors (Lipinski definition) is 3. The highest BCUT2D eigenvalue weighted by molar-refractivity contribution is 7.99. The third-order valence-electron chi connectivity index (χ3n) is 4.65. The third-order valence-corrected chi connectivity index (χ3v) is 5.85. The normalized spacial score (nSPS) is 12.3. The van der Waals surface area contributed by atoms with Gasteiger partial charge in [0.25, 0.3) is 0 Å². The molecule has 6 heteroatoms. The molecule has 1 atom stereocenters. The lowest BCUT2D eigenvalue weighted by Crippen LogP contribution is -2.52. The van der Waals surface area contributed by atoms with E-state index in [-0.39, 0.29) is 17.4 Å². The van der Waals surface area contributed by atoms with Gasteiger partial charge in [0.2, 0.25) is 11.8 Å². The van der Waals surface area contributed by atoms with Crippen LogP contribution < -0.4 is 5.32 Å². The SMILES string of the molecule is Cc1ccccc1CSCC(=O)N(Cc1cccc(Cl)c1)[C@@H](C)C(=O)NC(C)(C)C. The zero-order valence-electron chi connectivity index (χ0n) is 18.4. The maximum absolute atomic E-state index is 13.1. The molecule has 4 nitrogen and oxygen atoms in total. The molecule has 0 heterocycles. The summed E-state index contributed by atoms with van der Waals surface area (Å²) in [5.41, 5.74) is 2.96. The Balaban J connectivity index is 2.11. The molecule has 2 amide bonds. The molecule has 30 heavy (non-hydrogen) atoms. The van der Waals surface area contributed by atoms with Crippen LogP contribution in [0.2, 0.25) is 5.02 Å². The second kappa shape index (κ2) is 10.9.